The number of hydrogen-bond acceptors (Lipinski definition) is 3. The molecular formula is C9H5BrF2N4O. The molecule has 0 unspecified atom stereocenters. The molecule has 0 aliphatic carbocycles. The van der Waals surface area contributed by atoms with Gasteiger partial charge in [-0.25, -0.2) is 8.78 Å². The van der Waals surface area contributed by atoms with Gasteiger partial charge in [0, 0.05) is 10.5 Å². The number of aromatic nitrogens is 3. The van der Waals surface area contributed by atoms with E-state index in [1.807, 2.05) is 0 Å². The molecular weight excluding hydrogens is 298 g/mol. The van der Waals surface area contributed by atoms with E-state index in [-0.39, 0.29) is 21.4 Å². The molecule has 5 nitrogen and oxygen atoms in total. The van der Waals surface area contributed by atoms with Crippen LogP contribution in [-0.2, 0) is 0 Å². The van der Waals surface area contributed by atoms with Crippen molar-refractivity contribution in [2.45, 2.75) is 0 Å². The van der Waals surface area contributed by atoms with Crippen molar-refractivity contribution in [1.82, 2.24) is 15.4 Å². The minimum atomic E-state index is -0.867. The van der Waals surface area contributed by atoms with E-state index in [9.17, 15) is 13.6 Å². The number of benzene rings is 1. The molecule has 0 bridgehead atoms. The van der Waals surface area contributed by atoms with E-state index in [0.717, 1.165) is 6.07 Å². The number of halogens is 3. The molecule has 0 saturated heterocycles. The molecule has 0 saturated carbocycles. The Morgan fingerprint density at radius 2 is 2.06 bits per heavy atom. The van der Waals surface area contributed by atoms with Gasteiger partial charge in [-0.2, -0.15) is 15.4 Å². The Labute approximate surface area is 102 Å². The van der Waals surface area contributed by atoms with Crippen molar-refractivity contribution in [2.75, 3.05) is 0 Å². The molecule has 1 heterocycles. The fraction of sp³-hybridized carbons (Fsp3) is 0. The number of primary amides is 1. The normalized spacial score (nSPS) is 10.5. The van der Waals surface area contributed by atoms with E-state index < -0.39 is 17.5 Å². The predicted molar refractivity (Wildman–Crippen MR) is 58.0 cm³/mol. The van der Waals surface area contributed by atoms with Crippen LogP contribution in [0.3, 0.4) is 0 Å². The lowest BCUT2D eigenvalue weighted by atomic mass is 10.1. The fourth-order valence-corrected chi connectivity index (χ4v) is 1.94. The molecule has 88 valence electrons. The van der Waals surface area contributed by atoms with Crippen molar-refractivity contribution in [3.05, 3.63) is 33.9 Å². The molecule has 0 aliphatic rings. The quantitative estimate of drug-likeness (QED) is 0.884. The molecule has 0 radical (unpaired) electrons. The van der Waals surface area contributed by atoms with Crippen molar-refractivity contribution in [3.63, 3.8) is 0 Å². The number of hydrogen-bond donors (Lipinski definition) is 2. The monoisotopic (exact) mass is 302 g/mol. The van der Waals surface area contributed by atoms with E-state index in [4.69, 9.17) is 5.73 Å². The molecule has 0 aliphatic heterocycles. The summed E-state index contributed by atoms with van der Waals surface area (Å²) in [6.07, 6.45) is 0. The first-order valence-electron chi connectivity index (χ1n) is 4.36. The van der Waals surface area contributed by atoms with E-state index in [1.165, 1.54) is 0 Å². The van der Waals surface area contributed by atoms with Crippen LogP contribution in [0.4, 0.5) is 8.78 Å². The van der Waals surface area contributed by atoms with Gasteiger partial charge in [0.05, 0.1) is 5.56 Å². The van der Waals surface area contributed by atoms with Crippen LogP contribution in [-0.4, -0.2) is 21.3 Å². The van der Waals surface area contributed by atoms with E-state index >= 15 is 0 Å². The number of nitrogens with zero attached hydrogens (tertiary/aromatic N) is 2. The Morgan fingerprint density at radius 3 is 2.65 bits per heavy atom. The summed E-state index contributed by atoms with van der Waals surface area (Å²) in [5, 5.41) is 9.30. The van der Waals surface area contributed by atoms with Gasteiger partial charge < -0.3 is 5.73 Å². The predicted octanol–water partition coefficient (Wildman–Crippen LogP) is 1.61. The topological polar surface area (TPSA) is 84.7 Å². The second-order valence-corrected chi connectivity index (χ2v) is 3.98. The first-order valence-corrected chi connectivity index (χ1v) is 5.15. The number of aromatic amines is 1. The minimum Gasteiger partial charge on any atom is -0.364 e. The lowest BCUT2D eigenvalue weighted by Crippen LogP contribution is -2.13. The maximum atomic E-state index is 13.6. The summed E-state index contributed by atoms with van der Waals surface area (Å²) in [6.45, 7) is 0. The summed E-state index contributed by atoms with van der Waals surface area (Å²) in [5.74, 6) is -2.47. The molecule has 0 spiro atoms. The average Bonchev–Trinajstić information content (AvgIpc) is 2.64. The van der Waals surface area contributed by atoms with Crippen molar-refractivity contribution in [1.29, 1.82) is 0 Å². The van der Waals surface area contributed by atoms with Gasteiger partial charge in [-0.3, -0.25) is 4.79 Å². The molecule has 0 fully saturated rings. The Morgan fingerprint density at radius 1 is 1.35 bits per heavy atom. The van der Waals surface area contributed by atoms with Gasteiger partial charge in [-0.15, -0.1) is 0 Å². The number of carbonyl (C=O) groups excluding carboxylic acids is 1. The van der Waals surface area contributed by atoms with Crippen LogP contribution in [0.25, 0.3) is 11.3 Å². The van der Waals surface area contributed by atoms with Gasteiger partial charge in [-0.05, 0) is 22.0 Å². The summed E-state index contributed by atoms with van der Waals surface area (Å²) in [5.41, 5.74) is 4.70. The Kier molecular flexibility index (Phi) is 2.88. The lowest BCUT2D eigenvalue weighted by Gasteiger charge is -2.04. The highest BCUT2D eigenvalue weighted by molar-refractivity contribution is 9.10. The zero-order valence-corrected chi connectivity index (χ0v) is 9.75. The van der Waals surface area contributed by atoms with Gasteiger partial charge in [0.2, 0.25) is 0 Å². The molecule has 0 atom stereocenters. The van der Waals surface area contributed by atoms with Crippen LogP contribution in [0.15, 0.2) is 16.6 Å². The van der Waals surface area contributed by atoms with E-state index in [0.29, 0.717) is 6.07 Å². The summed E-state index contributed by atoms with van der Waals surface area (Å²) < 4.78 is 26.6. The number of nitrogens with two attached hydrogens (primary N) is 1. The summed E-state index contributed by atoms with van der Waals surface area (Å²) >= 11 is 2.99. The van der Waals surface area contributed by atoms with Gasteiger partial charge in [0.15, 0.2) is 5.69 Å². The first kappa shape index (κ1) is 11.6. The summed E-state index contributed by atoms with van der Waals surface area (Å²) in [6, 6.07) is 1.73. The Bertz CT molecular complexity index is 575. The zero-order chi connectivity index (χ0) is 12.6. The lowest BCUT2D eigenvalue weighted by molar-refractivity contribution is 0.0996. The standard InChI is InChI=1S/C9H5BrF2N4O/c10-4-1-3(11)2-5(12)6(4)7-8(9(13)17)15-16-14-7/h1-2H,(H2,13,17)(H,14,15,16). The average molecular weight is 303 g/mol. The molecule has 1 aromatic carbocycles. The first-order chi connectivity index (χ1) is 8.00. The SMILES string of the molecule is NC(=O)c1n[nH]nc1-c1c(F)cc(F)cc1Br. The Hall–Kier alpha value is -1.83. The molecule has 3 N–H and O–H groups in total. The van der Waals surface area contributed by atoms with Crippen LogP contribution in [0.5, 0.6) is 0 Å². The van der Waals surface area contributed by atoms with Crippen molar-refractivity contribution in [3.8, 4) is 11.3 Å². The maximum Gasteiger partial charge on any atom is 0.271 e. The van der Waals surface area contributed by atoms with Gasteiger partial charge >= 0.3 is 0 Å². The molecule has 1 amide bonds. The third-order valence-electron chi connectivity index (χ3n) is 2.02. The van der Waals surface area contributed by atoms with Crippen LogP contribution in [0, 0.1) is 11.6 Å². The van der Waals surface area contributed by atoms with Crippen molar-refractivity contribution in [2.24, 2.45) is 5.73 Å². The van der Waals surface area contributed by atoms with Crippen LogP contribution >= 0.6 is 15.9 Å². The molecule has 2 rings (SSSR count). The largest absolute Gasteiger partial charge is 0.364 e. The Balaban J connectivity index is 2.69. The molecule has 17 heavy (non-hydrogen) atoms. The number of H-pyrrole nitrogens is 1. The third kappa shape index (κ3) is 2.03. The van der Waals surface area contributed by atoms with Crippen molar-refractivity contribution < 1.29 is 13.6 Å². The highest BCUT2D eigenvalue weighted by Crippen LogP contribution is 2.31. The number of rotatable bonds is 2. The zero-order valence-electron chi connectivity index (χ0n) is 8.17. The number of nitrogens with one attached hydrogen (secondary N) is 1. The highest BCUT2D eigenvalue weighted by Gasteiger charge is 2.21. The summed E-state index contributed by atoms with van der Waals surface area (Å²) in [4.78, 5) is 11.0. The van der Waals surface area contributed by atoms with Crippen LogP contribution in [0.1, 0.15) is 10.5 Å². The smallest absolute Gasteiger partial charge is 0.271 e. The fourth-order valence-electron chi connectivity index (χ4n) is 1.35. The second-order valence-electron chi connectivity index (χ2n) is 3.13. The molecule has 8 heteroatoms. The van der Waals surface area contributed by atoms with Gasteiger partial charge in [-0.1, -0.05) is 0 Å². The minimum absolute atomic E-state index is 0.0677. The second kappa shape index (κ2) is 4.21. The number of carbonyl (C=O) groups is 1. The van der Waals surface area contributed by atoms with E-state index in [2.05, 4.69) is 31.3 Å². The van der Waals surface area contributed by atoms with Gasteiger partial charge in [0.1, 0.15) is 17.3 Å². The summed E-state index contributed by atoms with van der Waals surface area (Å²) in [7, 11) is 0. The third-order valence-corrected chi connectivity index (χ3v) is 2.65. The molecule has 1 aromatic heterocycles. The number of amides is 1. The molecule has 2 aromatic rings. The van der Waals surface area contributed by atoms with Gasteiger partial charge in [0.25, 0.3) is 5.91 Å². The van der Waals surface area contributed by atoms with Crippen molar-refractivity contribution >= 4 is 21.8 Å². The van der Waals surface area contributed by atoms with E-state index in [1.54, 1.807) is 0 Å². The maximum absolute atomic E-state index is 13.6. The highest BCUT2D eigenvalue weighted by atomic mass is 79.9. The van der Waals surface area contributed by atoms with Crippen LogP contribution < -0.4 is 5.73 Å². The van der Waals surface area contributed by atoms with Crippen LogP contribution in [0.2, 0.25) is 0 Å².